The van der Waals surface area contributed by atoms with Crippen molar-refractivity contribution in [2.45, 2.75) is 0 Å². The van der Waals surface area contributed by atoms with Gasteiger partial charge in [-0.05, 0) is 118 Å². The first kappa shape index (κ1) is 34.7. The van der Waals surface area contributed by atoms with Crippen LogP contribution < -0.4 is 10.6 Å². The van der Waals surface area contributed by atoms with Gasteiger partial charge in [-0.15, -0.1) is 0 Å². The quantitative estimate of drug-likeness (QED) is 0.165. The van der Waals surface area contributed by atoms with Crippen LogP contribution in [-0.2, 0) is 0 Å². The van der Waals surface area contributed by atoms with Crippen LogP contribution in [0.2, 0.25) is 0 Å². The lowest BCUT2D eigenvalue weighted by molar-refractivity contribution is 1.23. The molecule has 272 valence electrons. The molecule has 0 aliphatic carbocycles. The van der Waals surface area contributed by atoms with Crippen molar-refractivity contribution in [3.8, 4) is 44.5 Å². The smallest absolute Gasteiger partial charge is 0.0708 e. The Labute approximate surface area is 336 Å². The minimum absolute atomic E-state index is 0.794. The molecule has 0 N–H and O–H groups in total. The van der Waals surface area contributed by atoms with Crippen LogP contribution in [0.25, 0.3) is 111 Å². The summed E-state index contributed by atoms with van der Waals surface area (Å²) in [6, 6.07) is 61.2. The molecule has 0 aliphatic heterocycles. The van der Waals surface area contributed by atoms with Crippen LogP contribution in [0.4, 0.5) is 0 Å². The summed E-state index contributed by atoms with van der Waals surface area (Å²) in [5, 5.41) is 11.9. The molecule has 0 atom stereocenters. The van der Waals surface area contributed by atoms with Crippen molar-refractivity contribution in [1.82, 2.24) is 15.0 Å². The van der Waals surface area contributed by atoms with Gasteiger partial charge in [0.25, 0.3) is 0 Å². The fraction of sp³-hybridized carbons (Fsp3) is 0. The standard InChI is InChI=1S/C46H28N2.C9H9N/c1-5-37(40-6-3-27-48-44(40)7-1)30-12-14-32(15-13-30)39-22-17-34-18-23-41-38(21-16-33-19-24-42(39)46(34)45(33)41)31-10-8-29(9-11-31)35-20-25-43-36(28-35)4-2-26-47-43;1-3-5-9-6-4-7-10-8(9)2/h1-28H;3-7H,1-2H2/b;9-5-. The molecule has 0 unspecified atom stereocenters. The zero-order valence-electron chi connectivity index (χ0n) is 31.8. The Balaban J connectivity index is 0.000000360. The van der Waals surface area contributed by atoms with Crippen molar-refractivity contribution in [2.24, 2.45) is 0 Å². The number of rotatable bonds is 5. The van der Waals surface area contributed by atoms with Gasteiger partial charge in [0.15, 0.2) is 0 Å². The third kappa shape index (κ3) is 6.25. The van der Waals surface area contributed by atoms with Gasteiger partial charge in [-0.3, -0.25) is 15.0 Å². The van der Waals surface area contributed by atoms with Gasteiger partial charge in [0.1, 0.15) is 0 Å². The molecule has 3 heteroatoms. The van der Waals surface area contributed by atoms with Gasteiger partial charge >= 0.3 is 0 Å². The molecule has 3 nitrogen and oxygen atoms in total. The van der Waals surface area contributed by atoms with Crippen LogP contribution in [0, 0.1) is 0 Å². The molecule has 0 spiro atoms. The maximum absolute atomic E-state index is 4.56. The SMILES string of the molecule is C=C/C=c1/cccnc1=C.c1cnc2ccc(-c3ccc(-c4ccc5ccc6c(-c7ccc(-c8cccc9ncccc89)cc7)ccc7ccc4c5c76)cc3)cc2c1. The van der Waals surface area contributed by atoms with E-state index < -0.39 is 0 Å². The normalized spacial score (nSPS) is 11.7. The van der Waals surface area contributed by atoms with Crippen molar-refractivity contribution in [2.75, 3.05) is 0 Å². The molecular weight excluding hydrogens is 703 g/mol. The van der Waals surface area contributed by atoms with Crippen LogP contribution in [0.3, 0.4) is 0 Å². The fourth-order valence-corrected chi connectivity index (χ4v) is 8.32. The molecule has 0 bridgehead atoms. The van der Waals surface area contributed by atoms with Crippen LogP contribution in [-0.4, -0.2) is 15.0 Å². The summed E-state index contributed by atoms with van der Waals surface area (Å²) in [5.74, 6) is 0. The molecule has 0 aliphatic rings. The highest BCUT2D eigenvalue weighted by atomic mass is 14.6. The number of allylic oxidation sites excluding steroid dienone is 1. The Bertz CT molecular complexity index is 3420. The second-order valence-corrected chi connectivity index (χ2v) is 14.5. The topological polar surface area (TPSA) is 38.7 Å². The maximum Gasteiger partial charge on any atom is 0.0708 e. The molecule has 3 heterocycles. The number of benzene rings is 8. The van der Waals surface area contributed by atoms with Gasteiger partial charge in [-0.2, -0.15) is 0 Å². The lowest BCUT2D eigenvalue weighted by Crippen LogP contribution is -2.24. The highest BCUT2D eigenvalue weighted by Crippen LogP contribution is 2.43. The number of fused-ring (bicyclic) bond motifs is 2. The minimum atomic E-state index is 0.794. The zero-order valence-corrected chi connectivity index (χ0v) is 31.8. The third-order valence-electron chi connectivity index (χ3n) is 11.2. The Morgan fingerprint density at radius 2 is 0.914 bits per heavy atom. The molecule has 3 aromatic heterocycles. The van der Waals surface area contributed by atoms with Crippen molar-refractivity contribution in [1.29, 1.82) is 0 Å². The van der Waals surface area contributed by atoms with E-state index in [9.17, 15) is 0 Å². The molecule has 11 rings (SSSR count). The van der Waals surface area contributed by atoms with E-state index in [1.807, 2.05) is 42.7 Å². The molecule has 0 saturated carbocycles. The first-order valence-corrected chi connectivity index (χ1v) is 19.5. The summed E-state index contributed by atoms with van der Waals surface area (Å²) in [7, 11) is 0. The van der Waals surface area contributed by atoms with Gasteiger partial charge in [0.05, 0.1) is 16.4 Å². The number of aromatic nitrogens is 3. The predicted molar refractivity (Wildman–Crippen MR) is 246 cm³/mol. The summed E-state index contributed by atoms with van der Waals surface area (Å²) in [5.41, 5.74) is 11.8. The number of pyridine rings is 3. The first-order chi connectivity index (χ1) is 28.6. The van der Waals surface area contributed by atoms with Gasteiger partial charge in [-0.25, -0.2) is 0 Å². The highest BCUT2D eigenvalue weighted by Gasteiger charge is 2.15. The summed E-state index contributed by atoms with van der Waals surface area (Å²) in [4.78, 5) is 13.0. The Morgan fingerprint density at radius 1 is 0.379 bits per heavy atom. The van der Waals surface area contributed by atoms with Gasteiger partial charge < -0.3 is 0 Å². The van der Waals surface area contributed by atoms with Crippen LogP contribution in [0.5, 0.6) is 0 Å². The Morgan fingerprint density at radius 3 is 1.55 bits per heavy atom. The van der Waals surface area contributed by atoms with Crippen LogP contribution >= 0.6 is 0 Å². The van der Waals surface area contributed by atoms with Gasteiger partial charge in [0.2, 0.25) is 0 Å². The molecule has 11 aromatic rings. The third-order valence-corrected chi connectivity index (χ3v) is 11.2. The van der Waals surface area contributed by atoms with Crippen molar-refractivity contribution < 1.29 is 0 Å². The molecule has 0 fully saturated rings. The van der Waals surface area contributed by atoms with Gasteiger partial charge in [0, 0.05) is 29.4 Å². The van der Waals surface area contributed by atoms with E-state index in [1.165, 1.54) is 82.2 Å². The van der Waals surface area contributed by atoms with E-state index in [0.717, 1.165) is 27.0 Å². The lowest BCUT2D eigenvalue weighted by Gasteiger charge is -2.17. The van der Waals surface area contributed by atoms with Crippen LogP contribution in [0.15, 0.2) is 201 Å². The Kier molecular flexibility index (Phi) is 8.81. The molecule has 8 aromatic carbocycles. The summed E-state index contributed by atoms with van der Waals surface area (Å²) >= 11 is 0. The van der Waals surface area contributed by atoms with Crippen molar-refractivity contribution in [3.63, 3.8) is 0 Å². The van der Waals surface area contributed by atoms with Crippen molar-refractivity contribution >= 4 is 66.8 Å². The zero-order chi connectivity index (χ0) is 39.0. The average molecular weight is 740 g/mol. The molecule has 0 radical (unpaired) electrons. The maximum atomic E-state index is 4.56. The summed E-state index contributed by atoms with van der Waals surface area (Å²) < 4.78 is 0. The first-order valence-electron chi connectivity index (χ1n) is 19.5. The molecule has 58 heavy (non-hydrogen) atoms. The predicted octanol–water partition coefficient (Wildman–Crippen LogP) is 12.8. The van der Waals surface area contributed by atoms with E-state index in [1.54, 1.807) is 12.3 Å². The summed E-state index contributed by atoms with van der Waals surface area (Å²) in [6.45, 7) is 7.33. The lowest BCUT2D eigenvalue weighted by atomic mass is 9.87. The van der Waals surface area contributed by atoms with Crippen LogP contribution in [0.1, 0.15) is 0 Å². The average Bonchev–Trinajstić information content (AvgIpc) is 3.29. The summed E-state index contributed by atoms with van der Waals surface area (Å²) in [6.07, 6.45) is 9.04. The monoisotopic (exact) mass is 739 g/mol. The number of hydrogen-bond donors (Lipinski definition) is 0. The van der Waals surface area contributed by atoms with E-state index in [0.29, 0.717) is 0 Å². The van der Waals surface area contributed by atoms with E-state index in [4.69, 9.17) is 0 Å². The van der Waals surface area contributed by atoms with Gasteiger partial charge in [-0.1, -0.05) is 159 Å². The van der Waals surface area contributed by atoms with E-state index >= 15 is 0 Å². The second-order valence-electron chi connectivity index (χ2n) is 14.5. The highest BCUT2D eigenvalue weighted by molar-refractivity contribution is 6.27. The number of nitrogens with zero attached hydrogens (tertiary/aromatic N) is 3. The molecular formula is C55H37N3. The molecule has 0 saturated heterocycles. The largest absolute Gasteiger partial charge is 0.257 e. The second kappa shape index (κ2) is 14.7. The minimum Gasteiger partial charge on any atom is -0.257 e. The number of hydrogen-bond acceptors (Lipinski definition) is 3. The fourth-order valence-electron chi connectivity index (χ4n) is 8.32. The van der Waals surface area contributed by atoms with E-state index in [2.05, 4.69) is 174 Å². The molecule has 0 amide bonds. The Hall–Kier alpha value is -7.75. The van der Waals surface area contributed by atoms with Crippen molar-refractivity contribution in [3.05, 3.63) is 212 Å². The van der Waals surface area contributed by atoms with E-state index in [-0.39, 0.29) is 0 Å².